The summed E-state index contributed by atoms with van der Waals surface area (Å²) in [5.41, 5.74) is 5.55. The lowest BCUT2D eigenvalue weighted by Crippen LogP contribution is -2.41. The lowest BCUT2D eigenvalue weighted by molar-refractivity contribution is -0.124. The summed E-state index contributed by atoms with van der Waals surface area (Å²) in [4.78, 5) is 27.5. The highest BCUT2D eigenvalue weighted by atomic mass is 16.2. The van der Waals surface area contributed by atoms with Gasteiger partial charge in [-0.1, -0.05) is 6.92 Å². The van der Waals surface area contributed by atoms with Crippen molar-refractivity contribution in [1.82, 2.24) is 15.5 Å². The van der Waals surface area contributed by atoms with Crippen LogP contribution in [0, 0.1) is 0 Å². The van der Waals surface area contributed by atoms with Crippen molar-refractivity contribution in [3.63, 3.8) is 0 Å². The van der Waals surface area contributed by atoms with Gasteiger partial charge < -0.3 is 16.4 Å². The quantitative estimate of drug-likeness (QED) is 0.314. The number of carbonyl (C=O) groups excluding carboxylic acids is 2. The van der Waals surface area contributed by atoms with E-state index in [-0.39, 0.29) is 18.5 Å². The van der Waals surface area contributed by atoms with E-state index in [0.29, 0.717) is 25.6 Å². The van der Waals surface area contributed by atoms with Crippen molar-refractivity contribution in [2.45, 2.75) is 13.3 Å². The van der Waals surface area contributed by atoms with Crippen LogP contribution in [-0.2, 0) is 4.79 Å². The van der Waals surface area contributed by atoms with Gasteiger partial charge in [0.1, 0.15) is 0 Å². The zero-order valence-corrected chi connectivity index (χ0v) is 9.32. The number of urea groups is 1. The Hall–Kier alpha value is -1.79. The molecule has 1 aliphatic heterocycles. The topological polar surface area (TPSA) is 99.8 Å². The second-order valence-electron chi connectivity index (χ2n) is 3.40. The first kappa shape index (κ1) is 12.3. The molecule has 0 unspecified atom stereocenters. The normalized spacial score (nSPS) is 16.6. The molecule has 7 heteroatoms. The molecule has 0 bridgehead atoms. The molecule has 3 amide bonds. The fourth-order valence-corrected chi connectivity index (χ4v) is 1.27. The van der Waals surface area contributed by atoms with Crippen LogP contribution in [0.3, 0.4) is 0 Å². The van der Waals surface area contributed by atoms with Gasteiger partial charge in [-0.05, 0) is 6.42 Å². The van der Waals surface area contributed by atoms with E-state index in [2.05, 4.69) is 15.6 Å². The standard InChI is InChI=1S/C9H17N5O2/c1-2-3-11-8(10)12-4-5-14-7(15)6-13-9(14)16/h2-6H2,1H3,(H,13,16)(H3,10,11,12). The summed E-state index contributed by atoms with van der Waals surface area (Å²) in [6.07, 6.45) is 0.926. The second kappa shape index (κ2) is 5.94. The van der Waals surface area contributed by atoms with E-state index < -0.39 is 0 Å². The van der Waals surface area contributed by atoms with Crippen LogP contribution in [-0.4, -0.2) is 49.0 Å². The van der Waals surface area contributed by atoms with Crippen LogP contribution in [0.4, 0.5) is 4.79 Å². The number of guanidine groups is 1. The minimum Gasteiger partial charge on any atom is -0.370 e. The molecule has 4 N–H and O–H groups in total. The number of carbonyl (C=O) groups is 2. The first-order chi connectivity index (χ1) is 7.65. The van der Waals surface area contributed by atoms with Gasteiger partial charge in [-0.25, -0.2) is 4.79 Å². The minimum atomic E-state index is -0.351. The molecule has 16 heavy (non-hydrogen) atoms. The SMILES string of the molecule is CCCN=C(N)NCCN1C(=O)CNC1=O. The maximum Gasteiger partial charge on any atom is 0.324 e. The Morgan fingerprint density at radius 2 is 2.38 bits per heavy atom. The zero-order chi connectivity index (χ0) is 12.0. The van der Waals surface area contributed by atoms with E-state index in [1.165, 1.54) is 0 Å². The van der Waals surface area contributed by atoms with Gasteiger partial charge in [0.2, 0.25) is 5.91 Å². The van der Waals surface area contributed by atoms with Crippen LogP contribution in [0.25, 0.3) is 0 Å². The van der Waals surface area contributed by atoms with Crippen molar-refractivity contribution in [2.75, 3.05) is 26.2 Å². The lowest BCUT2D eigenvalue weighted by atomic mass is 10.5. The van der Waals surface area contributed by atoms with E-state index in [9.17, 15) is 9.59 Å². The van der Waals surface area contributed by atoms with Crippen LogP contribution in [0.15, 0.2) is 4.99 Å². The number of imide groups is 1. The summed E-state index contributed by atoms with van der Waals surface area (Å²) < 4.78 is 0. The van der Waals surface area contributed by atoms with E-state index in [4.69, 9.17) is 5.73 Å². The molecule has 1 rings (SSSR count). The van der Waals surface area contributed by atoms with E-state index in [1.807, 2.05) is 6.92 Å². The van der Waals surface area contributed by atoms with Crippen molar-refractivity contribution in [2.24, 2.45) is 10.7 Å². The molecule has 90 valence electrons. The van der Waals surface area contributed by atoms with Gasteiger partial charge in [-0.3, -0.25) is 14.7 Å². The molecule has 0 saturated carbocycles. The van der Waals surface area contributed by atoms with Crippen LogP contribution in [0.5, 0.6) is 0 Å². The number of aliphatic imine (C=N–C) groups is 1. The molecule has 7 nitrogen and oxygen atoms in total. The number of hydrogen-bond donors (Lipinski definition) is 3. The second-order valence-corrected chi connectivity index (χ2v) is 3.40. The van der Waals surface area contributed by atoms with E-state index in [1.54, 1.807) is 0 Å². The van der Waals surface area contributed by atoms with Crippen molar-refractivity contribution in [3.8, 4) is 0 Å². The molecule has 0 aromatic carbocycles. The Kier molecular flexibility index (Phi) is 4.56. The van der Waals surface area contributed by atoms with Crippen molar-refractivity contribution in [3.05, 3.63) is 0 Å². The maximum absolute atomic E-state index is 11.2. The summed E-state index contributed by atoms with van der Waals surface area (Å²) in [5.74, 6) is 0.129. The molecule has 0 aromatic rings. The number of rotatable bonds is 5. The predicted molar refractivity (Wildman–Crippen MR) is 59.9 cm³/mol. The molecular weight excluding hydrogens is 210 g/mol. The average molecular weight is 227 g/mol. The summed E-state index contributed by atoms with van der Waals surface area (Å²) in [6, 6.07) is -0.351. The fourth-order valence-electron chi connectivity index (χ4n) is 1.27. The van der Waals surface area contributed by atoms with E-state index in [0.717, 1.165) is 11.3 Å². The third-order valence-corrected chi connectivity index (χ3v) is 2.08. The Bertz CT molecular complexity index is 286. The minimum absolute atomic E-state index is 0.0816. The summed E-state index contributed by atoms with van der Waals surface area (Å²) in [7, 11) is 0. The van der Waals surface area contributed by atoms with Crippen molar-refractivity contribution < 1.29 is 9.59 Å². The predicted octanol–water partition coefficient (Wildman–Crippen LogP) is -1.15. The molecule has 1 saturated heterocycles. The summed E-state index contributed by atoms with van der Waals surface area (Å²) in [6.45, 7) is 3.47. The maximum atomic E-state index is 11.2. The third-order valence-electron chi connectivity index (χ3n) is 2.08. The largest absolute Gasteiger partial charge is 0.370 e. The zero-order valence-electron chi connectivity index (χ0n) is 9.32. The number of hydrogen-bond acceptors (Lipinski definition) is 3. The van der Waals surface area contributed by atoms with Gasteiger partial charge in [0, 0.05) is 19.6 Å². The molecule has 1 fully saturated rings. The van der Waals surface area contributed by atoms with Crippen LogP contribution >= 0.6 is 0 Å². The first-order valence-electron chi connectivity index (χ1n) is 5.27. The summed E-state index contributed by atoms with van der Waals surface area (Å²) in [5, 5.41) is 5.28. The van der Waals surface area contributed by atoms with Gasteiger partial charge in [0.25, 0.3) is 0 Å². The van der Waals surface area contributed by atoms with Crippen molar-refractivity contribution in [1.29, 1.82) is 0 Å². The highest BCUT2D eigenvalue weighted by Gasteiger charge is 2.27. The highest BCUT2D eigenvalue weighted by Crippen LogP contribution is 1.96. The van der Waals surface area contributed by atoms with Crippen LogP contribution in [0.2, 0.25) is 0 Å². The van der Waals surface area contributed by atoms with Crippen LogP contribution < -0.4 is 16.4 Å². The molecular formula is C9H17N5O2. The molecule has 0 aromatic heterocycles. The van der Waals surface area contributed by atoms with Gasteiger partial charge in [0.05, 0.1) is 6.54 Å². The molecule has 1 aliphatic rings. The first-order valence-corrected chi connectivity index (χ1v) is 5.27. The Labute approximate surface area is 94.1 Å². The lowest BCUT2D eigenvalue weighted by Gasteiger charge is -2.12. The van der Waals surface area contributed by atoms with Gasteiger partial charge in [-0.15, -0.1) is 0 Å². The summed E-state index contributed by atoms with van der Waals surface area (Å²) >= 11 is 0. The number of nitrogens with two attached hydrogens (primary N) is 1. The average Bonchev–Trinajstić information content (AvgIpc) is 2.57. The monoisotopic (exact) mass is 227 g/mol. The molecule has 1 heterocycles. The number of nitrogens with zero attached hydrogens (tertiary/aromatic N) is 2. The number of amides is 3. The van der Waals surface area contributed by atoms with Gasteiger partial charge in [0.15, 0.2) is 5.96 Å². The Morgan fingerprint density at radius 3 is 2.94 bits per heavy atom. The van der Waals surface area contributed by atoms with Gasteiger partial charge in [-0.2, -0.15) is 0 Å². The third kappa shape index (κ3) is 3.41. The van der Waals surface area contributed by atoms with E-state index >= 15 is 0 Å². The molecule has 0 atom stereocenters. The fraction of sp³-hybridized carbons (Fsp3) is 0.667. The van der Waals surface area contributed by atoms with Gasteiger partial charge >= 0.3 is 6.03 Å². The molecule has 0 aliphatic carbocycles. The highest BCUT2D eigenvalue weighted by molar-refractivity contribution is 6.01. The smallest absolute Gasteiger partial charge is 0.324 e. The Balaban J connectivity index is 2.25. The van der Waals surface area contributed by atoms with Crippen molar-refractivity contribution >= 4 is 17.9 Å². The molecule has 0 spiro atoms. The Morgan fingerprint density at radius 1 is 1.62 bits per heavy atom. The molecule has 0 radical (unpaired) electrons. The number of nitrogens with one attached hydrogen (secondary N) is 2. The van der Waals surface area contributed by atoms with Crippen LogP contribution in [0.1, 0.15) is 13.3 Å².